The highest BCUT2D eigenvalue weighted by Gasteiger charge is 2.15. The standard InChI is InChI=1S/C22H25FN4O2/c1-15(20-13-26-27(16(20)2)19-10-8-18(23)9-11-19)24-14-22(28)25-12-17-6-4-5-7-21(17)29-3/h4-11,13,15,24H,12,14H2,1-3H3,(H,25,28)/t15-/m1/s1. The summed E-state index contributed by atoms with van der Waals surface area (Å²) >= 11 is 0. The van der Waals surface area contributed by atoms with Crippen molar-refractivity contribution in [1.29, 1.82) is 0 Å². The number of rotatable bonds is 8. The van der Waals surface area contributed by atoms with E-state index in [4.69, 9.17) is 4.74 Å². The minimum absolute atomic E-state index is 0.0683. The lowest BCUT2D eigenvalue weighted by atomic mass is 10.1. The number of hydrogen-bond donors (Lipinski definition) is 2. The van der Waals surface area contributed by atoms with E-state index in [9.17, 15) is 9.18 Å². The number of methoxy groups -OCH3 is 1. The number of para-hydroxylation sites is 1. The molecule has 0 saturated heterocycles. The third kappa shape index (κ3) is 5.00. The molecule has 2 aromatic carbocycles. The molecule has 29 heavy (non-hydrogen) atoms. The van der Waals surface area contributed by atoms with Crippen LogP contribution in [0, 0.1) is 12.7 Å². The zero-order valence-corrected chi connectivity index (χ0v) is 16.8. The zero-order valence-electron chi connectivity index (χ0n) is 16.8. The van der Waals surface area contributed by atoms with Crippen molar-refractivity contribution in [3.63, 3.8) is 0 Å². The maximum absolute atomic E-state index is 13.1. The first-order valence-corrected chi connectivity index (χ1v) is 9.42. The second-order valence-electron chi connectivity index (χ2n) is 6.76. The van der Waals surface area contributed by atoms with Gasteiger partial charge in [-0.05, 0) is 44.2 Å². The predicted octanol–water partition coefficient (Wildman–Crippen LogP) is 3.30. The summed E-state index contributed by atoms with van der Waals surface area (Å²) in [4.78, 5) is 12.2. The molecular weight excluding hydrogens is 371 g/mol. The summed E-state index contributed by atoms with van der Waals surface area (Å²) in [6, 6.07) is 13.7. The maximum Gasteiger partial charge on any atom is 0.234 e. The first kappa shape index (κ1) is 20.5. The topological polar surface area (TPSA) is 68.2 Å². The minimum atomic E-state index is -0.284. The Morgan fingerprint density at radius 3 is 2.66 bits per heavy atom. The van der Waals surface area contributed by atoms with Gasteiger partial charge >= 0.3 is 0 Å². The molecule has 0 unspecified atom stereocenters. The minimum Gasteiger partial charge on any atom is -0.496 e. The normalized spacial score (nSPS) is 11.9. The molecule has 0 radical (unpaired) electrons. The summed E-state index contributed by atoms with van der Waals surface area (Å²) in [7, 11) is 1.61. The fraction of sp³-hybridized carbons (Fsp3) is 0.273. The van der Waals surface area contributed by atoms with Crippen LogP contribution in [-0.4, -0.2) is 29.3 Å². The Morgan fingerprint density at radius 1 is 1.21 bits per heavy atom. The van der Waals surface area contributed by atoms with Gasteiger partial charge in [0, 0.05) is 29.4 Å². The molecule has 1 amide bonds. The smallest absolute Gasteiger partial charge is 0.234 e. The van der Waals surface area contributed by atoms with Crippen LogP contribution in [0.15, 0.2) is 54.7 Å². The van der Waals surface area contributed by atoms with Crippen LogP contribution >= 0.6 is 0 Å². The average molecular weight is 396 g/mol. The number of amides is 1. The highest BCUT2D eigenvalue weighted by Crippen LogP contribution is 2.20. The molecule has 1 heterocycles. The Kier molecular flexibility index (Phi) is 6.61. The molecule has 0 aliphatic carbocycles. The van der Waals surface area contributed by atoms with Gasteiger partial charge < -0.3 is 15.4 Å². The van der Waals surface area contributed by atoms with Gasteiger partial charge in [0.15, 0.2) is 0 Å². The molecule has 0 saturated carbocycles. The monoisotopic (exact) mass is 396 g/mol. The highest BCUT2D eigenvalue weighted by molar-refractivity contribution is 5.78. The van der Waals surface area contributed by atoms with Gasteiger partial charge in [-0.2, -0.15) is 5.10 Å². The fourth-order valence-corrected chi connectivity index (χ4v) is 3.15. The van der Waals surface area contributed by atoms with Gasteiger partial charge in [-0.3, -0.25) is 4.79 Å². The van der Waals surface area contributed by atoms with E-state index >= 15 is 0 Å². The molecule has 0 aliphatic heterocycles. The van der Waals surface area contributed by atoms with E-state index in [0.717, 1.165) is 28.3 Å². The van der Waals surface area contributed by atoms with Crippen molar-refractivity contribution in [2.75, 3.05) is 13.7 Å². The molecular formula is C22H25FN4O2. The number of halogens is 1. The van der Waals surface area contributed by atoms with E-state index < -0.39 is 0 Å². The molecule has 2 N–H and O–H groups in total. The molecule has 0 fully saturated rings. The molecule has 152 valence electrons. The predicted molar refractivity (Wildman–Crippen MR) is 110 cm³/mol. The average Bonchev–Trinajstić information content (AvgIpc) is 3.12. The van der Waals surface area contributed by atoms with E-state index in [0.29, 0.717) is 6.54 Å². The Bertz CT molecular complexity index is 969. The molecule has 0 spiro atoms. The second kappa shape index (κ2) is 9.34. The number of carbonyl (C=O) groups excluding carboxylic acids is 1. The van der Waals surface area contributed by atoms with Crippen molar-refractivity contribution < 1.29 is 13.9 Å². The van der Waals surface area contributed by atoms with Gasteiger partial charge in [0.1, 0.15) is 11.6 Å². The Hall–Kier alpha value is -3.19. The van der Waals surface area contributed by atoms with Crippen LogP contribution in [0.3, 0.4) is 0 Å². The summed E-state index contributed by atoms with van der Waals surface area (Å²) < 4.78 is 20.2. The lowest BCUT2D eigenvalue weighted by Crippen LogP contribution is -2.34. The molecule has 6 nitrogen and oxygen atoms in total. The van der Waals surface area contributed by atoms with Gasteiger partial charge in [-0.25, -0.2) is 9.07 Å². The van der Waals surface area contributed by atoms with Crippen LogP contribution in [0.2, 0.25) is 0 Å². The number of hydrogen-bond acceptors (Lipinski definition) is 4. The van der Waals surface area contributed by atoms with Gasteiger partial charge in [0.05, 0.1) is 25.5 Å². The molecule has 3 aromatic rings. The SMILES string of the molecule is COc1ccccc1CNC(=O)CN[C@H](C)c1cnn(-c2ccc(F)cc2)c1C. The van der Waals surface area contributed by atoms with Crippen LogP contribution in [0.25, 0.3) is 5.69 Å². The largest absolute Gasteiger partial charge is 0.496 e. The van der Waals surface area contributed by atoms with Crippen molar-refractivity contribution in [3.05, 3.63) is 77.4 Å². The number of carbonyl (C=O) groups is 1. The quantitative estimate of drug-likeness (QED) is 0.613. The Morgan fingerprint density at radius 2 is 1.93 bits per heavy atom. The Balaban J connectivity index is 1.56. The lowest BCUT2D eigenvalue weighted by molar-refractivity contribution is -0.120. The number of nitrogens with one attached hydrogen (secondary N) is 2. The summed E-state index contributed by atoms with van der Waals surface area (Å²) in [5.74, 6) is 0.359. The lowest BCUT2D eigenvalue weighted by Gasteiger charge is -2.15. The number of nitrogens with zero attached hydrogens (tertiary/aromatic N) is 2. The molecule has 0 bridgehead atoms. The summed E-state index contributed by atoms with van der Waals surface area (Å²) in [5.41, 5.74) is 3.63. The van der Waals surface area contributed by atoms with Crippen molar-refractivity contribution in [2.45, 2.75) is 26.4 Å². The van der Waals surface area contributed by atoms with Crippen LogP contribution < -0.4 is 15.4 Å². The molecule has 1 atom stereocenters. The number of benzene rings is 2. The van der Waals surface area contributed by atoms with E-state index in [2.05, 4.69) is 15.7 Å². The maximum atomic E-state index is 13.1. The van der Waals surface area contributed by atoms with Gasteiger partial charge in [-0.15, -0.1) is 0 Å². The van der Waals surface area contributed by atoms with Crippen molar-refractivity contribution >= 4 is 5.91 Å². The van der Waals surface area contributed by atoms with E-state index in [1.165, 1.54) is 12.1 Å². The molecule has 7 heteroatoms. The number of aromatic nitrogens is 2. The van der Waals surface area contributed by atoms with Crippen molar-refractivity contribution in [1.82, 2.24) is 20.4 Å². The van der Waals surface area contributed by atoms with Crippen LogP contribution in [-0.2, 0) is 11.3 Å². The van der Waals surface area contributed by atoms with Crippen molar-refractivity contribution in [2.24, 2.45) is 0 Å². The van der Waals surface area contributed by atoms with Gasteiger partial charge in [-0.1, -0.05) is 18.2 Å². The third-order valence-electron chi connectivity index (χ3n) is 4.82. The molecule has 1 aromatic heterocycles. The Labute approximate surface area is 169 Å². The van der Waals surface area contributed by atoms with Crippen LogP contribution in [0.1, 0.15) is 29.8 Å². The second-order valence-corrected chi connectivity index (χ2v) is 6.76. The first-order chi connectivity index (χ1) is 14.0. The van der Waals surface area contributed by atoms with Gasteiger partial charge in [0.2, 0.25) is 5.91 Å². The fourth-order valence-electron chi connectivity index (χ4n) is 3.15. The van der Waals surface area contributed by atoms with E-state index in [1.54, 1.807) is 30.1 Å². The van der Waals surface area contributed by atoms with Crippen LogP contribution in [0.5, 0.6) is 5.75 Å². The molecule has 3 rings (SSSR count). The van der Waals surface area contributed by atoms with Crippen LogP contribution in [0.4, 0.5) is 4.39 Å². The third-order valence-corrected chi connectivity index (χ3v) is 4.82. The zero-order chi connectivity index (χ0) is 20.8. The van der Waals surface area contributed by atoms with Gasteiger partial charge in [0.25, 0.3) is 0 Å². The highest BCUT2D eigenvalue weighted by atomic mass is 19.1. The number of ether oxygens (including phenoxy) is 1. The molecule has 0 aliphatic rings. The first-order valence-electron chi connectivity index (χ1n) is 9.42. The summed E-state index contributed by atoms with van der Waals surface area (Å²) in [6.07, 6.45) is 1.77. The van der Waals surface area contributed by atoms with E-state index in [-0.39, 0.29) is 24.3 Å². The summed E-state index contributed by atoms with van der Waals surface area (Å²) in [6.45, 7) is 4.51. The summed E-state index contributed by atoms with van der Waals surface area (Å²) in [5, 5.41) is 10.5. The van der Waals surface area contributed by atoms with E-state index in [1.807, 2.05) is 38.1 Å². The van der Waals surface area contributed by atoms with Crippen molar-refractivity contribution in [3.8, 4) is 11.4 Å².